The molecular weight excluding hydrogens is 172 g/mol. The van der Waals surface area contributed by atoms with E-state index in [1.807, 2.05) is 0 Å². The number of nitrogens with zero attached hydrogens (tertiary/aromatic N) is 2. The predicted molar refractivity (Wildman–Crippen MR) is 48.0 cm³/mol. The Labute approximate surface area is 75.5 Å². The third-order valence-electron chi connectivity index (χ3n) is 1.60. The van der Waals surface area contributed by atoms with Gasteiger partial charge < -0.3 is 16.2 Å². The zero-order valence-corrected chi connectivity index (χ0v) is 7.57. The van der Waals surface area contributed by atoms with Crippen molar-refractivity contribution in [3.8, 4) is 0 Å². The summed E-state index contributed by atoms with van der Waals surface area (Å²) in [7, 11) is 1.61. The highest BCUT2D eigenvalue weighted by Crippen LogP contribution is 2.18. The van der Waals surface area contributed by atoms with Crippen LogP contribution in [0.5, 0.6) is 0 Å². The molecule has 72 valence electrons. The van der Waals surface area contributed by atoms with E-state index in [1.54, 1.807) is 14.0 Å². The molecule has 13 heavy (non-hydrogen) atoms. The number of hydrogen-bond donors (Lipinski definition) is 2. The number of aromatic nitrogens is 2. The highest BCUT2D eigenvalue weighted by molar-refractivity contribution is 5.99. The molecule has 1 aromatic heterocycles. The van der Waals surface area contributed by atoms with Crippen molar-refractivity contribution in [3.63, 3.8) is 0 Å². The van der Waals surface area contributed by atoms with Crippen LogP contribution in [0.1, 0.15) is 17.3 Å². The Morgan fingerprint density at radius 2 is 2.23 bits per heavy atom. The van der Waals surface area contributed by atoms with Crippen LogP contribution in [0, 0.1) is 0 Å². The standard InChI is InChI=1S/C7H12N4O2/c1-3-13-7(12)4-5(8)10-11(2)6(4)9/h3,9H2,1-2H3,(H2,8,10). The Hall–Kier alpha value is -1.72. The molecule has 0 spiro atoms. The SMILES string of the molecule is CCOC(=O)c1c(N)nn(C)c1N. The molecule has 0 saturated heterocycles. The maximum atomic E-state index is 11.3. The van der Waals surface area contributed by atoms with Gasteiger partial charge in [0.05, 0.1) is 6.61 Å². The Balaban J connectivity index is 3.06. The highest BCUT2D eigenvalue weighted by atomic mass is 16.5. The van der Waals surface area contributed by atoms with Crippen molar-refractivity contribution in [2.75, 3.05) is 18.1 Å². The molecule has 0 radical (unpaired) electrons. The average Bonchev–Trinajstić information content (AvgIpc) is 2.27. The summed E-state index contributed by atoms with van der Waals surface area (Å²) in [5.74, 6) is -0.222. The molecule has 0 fully saturated rings. The second-order valence-corrected chi connectivity index (χ2v) is 2.49. The zero-order chi connectivity index (χ0) is 10.0. The molecule has 0 saturated carbocycles. The number of rotatable bonds is 2. The van der Waals surface area contributed by atoms with E-state index >= 15 is 0 Å². The number of carbonyl (C=O) groups excluding carboxylic acids is 1. The van der Waals surface area contributed by atoms with E-state index in [4.69, 9.17) is 16.2 Å². The molecule has 0 amide bonds. The Morgan fingerprint density at radius 3 is 2.62 bits per heavy atom. The molecule has 0 aliphatic heterocycles. The number of carbonyl (C=O) groups is 1. The summed E-state index contributed by atoms with van der Waals surface area (Å²) in [6.07, 6.45) is 0. The van der Waals surface area contributed by atoms with Crippen LogP contribution in [-0.2, 0) is 11.8 Å². The highest BCUT2D eigenvalue weighted by Gasteiger charge is 2.19. The van der Waals surface area contributed by atoms with Gasteiger partial charge in [0.1, 0.15) is 11.4 Å². The first-order valence-corrected chi connectivity index (χ1v) is 3.83. The number of esters is 1. The van der Waals surface area contributed by atoms with Crippen molar-refractivity contribution < 1.29 is 9.53 Å². The van der Waals surface area contributed by atoms with Crippen LogP contribution in [-0.4, -0.2) is 22.4 Å². The lowest BCUT2D eigenvalue weighted by molar-refractivity contribution is 0.0529. The fourth-order valence-corrected chi connectivity index (χ4v) is 0.971. The summed E-state index contributed by atoms with van der Waals surface area (Å²) in [6, 6.07) is 0. The summed E-state index contributed by atoms with van der Waals surface area (Å²) in [4.78, 5) is 11.3. The minimum atomic E-state index is -0.536. The molecule has 6 nitrogen and oxygen atoms in total. The monoisotopic (exact) mass is 184 g/mol. The molecule has 0 aromatic carbocycles. The zero-order valence-electron chi connectivity index (χ0n) is 7.57. The number of anilines is 2. The second-order valence-electron chi connectivity index (χ2n) is 2.49. The van der Waals surface area contributed by atoms with Crippen LogP contribution in [0.4, 0.5) is 11.6 Å². The molecule has 0 aliphatic rings. The van der Waals surface area contributed by atoms with Crippen molar-refractivity contribution >= 4 is 17.6 Å². The molecule has 4 N–H and O–H groups in total. The number of hydrogen-bond acceptors (Lipinski definition) is 5. The summed E-state index contributed by atoms with van der Waals surface area (Å²) in [5, 5.41) is 3.78. The molecule has 0 unspecified atom stereocenters. The Bertz CT molecular complexity index is 331. The number of ether oxygens (including phenoxy) is 1. The third-order valence-corrected chi connectivity index (χ3v) is 1.60. The van der Waals surface area contributed by atoms with Gasteiger partial charge in [-0.05, 0) is 6.92 Å². The van der Waals surface area contributed by atoms with Crippen LogP contribution in [0.3, 0.4) is 0 Å². The maximum absolute atomic E-state index is 11.3. The van der Waals surface area contributed by atoms with Crippen LogP contribution in [0.2, 0.25) is 0 Å². The minimum absolute atomic E-state index is 0.0958. The summed E-state index contributed by atoms with van der Waals surface area (Å²) in [6.45, 7) is 1.99. The third kappa shape index (κ3) is 1.56. The molecule has 0 aliphatic carbocycles. The van der Waals surface area contributed by atoms with E-state index in [0.717, 1.165) is 0 Å². The fraction of sp³-hybridized carbons (Fsp3) is 0.429. The molecule has 6 heteroatoms. The molecule has 0 bridgehead atoms. The van der Waals surface area contributed by atoms with E-state index in [2.05, 4.69) is 5.10 Å². The van der Waals surface area contributed by atoms with Gasteiger partial charge in [-0.15, -0.1) is 0 Å². The lowest BCUT2D eigenvalue weighted by Crippen LogP contribution is -2.09. The molecule has 1 heterocycles. The fourth-order valence-electron chi connectivity index (χ4n) is 0.971. The average molecular weight is 184 g/mol. The predicted octanol–water partition coefficient (Wildman–Crippen LogP) is -0.239. The van der Waals surface area contributed by atoms with Gasteiger partial charge in [0.25, 0.3) is 0 Å². The van der Waals surface area contributed by atoms with Crippen LogP contribution in [0.15, 0.2) is 0 Å². The largest absolute Gasteiger partial charge is 0.462 e. The van der Waals surface area contributed by atoms with Crippen LogP contribution >= 0.6 is 0 Å². The van der Waals surface area contributed by atoms with Gasteiger partial charge in [0.15, 0.2) is 5.82 Å². The van der Waals surface area contributed by atoms with Gasteiger partial charge in [-0.25, -0.2) is 4.79 Å². The first-order chi connectivity index (χ1) is 6.07. The lowest BCUT2D eigenvalue weighted by Gasteiger charge is -2.00. The van der Waals surface area contributed by atoms with Gasteiger partial charge in [0.2, 0.25) is 0 Å². The first kappa shape index (κ1) is 9.37. The van der Waals surface area contributed by atoms with Gasteiger partial charge in [-0.2, -0.15) is 5.10 Å². The van der Waals surface area contributed by atoms with E-state index in [0.29, 0.717) is 0 Å². The van der Waals surface area contributed by atoms with Gasteiger partial charge >= 0.3 is 5.97 Å². The number of nitrogens with two attached hydrogens (primary N) is 2. The van der Waals surface area contributed by atoms with E-state index < -0.39 is 5.97 Å². The van der Waals surface area contributed by atoms with Gasteiger partial charge in [-0.1, -0.05) is 0 Å². The molecule has 1 rings (SSSR count). The Kier molecular flexibility index (Phi) is 2.41. The number of aryl methyl sites for hydroxylation is 1. The quantitative estimate of drug-likeness (QED) is 0.618. The van der Waals surface area contributed by atoms with E-state index in [1.165, 1.54) is 4.68 Å². The first-order valence-electron chi connectivity index (χ1n) is 3.83. The summed E-state index contributed by atoms with van der Waals surface area (Å²) in [5.41, 5.74) is 11.2. The minimum Gasteiger partial charge on any atom is -0.462 e. The smallest absolute Gasteiger partial charge is 0.345 e. The van der Waals surface area contributed by atoms with Crippen molar-refractivity contribution in [1.82, 2.24) is 9.78 Å². The molecular formula is C7H12N4O2. The van der Waals surface area contributed by atoms with E-state index in [9.17, 15) is 4.79 Å². The van der Waals surface area contributed by atoms with Crippen molar-refractivity contribution in [3.05, 3.63) is 5.56 Å². The van der Waals surface area contributed by atoms with Gasteiger partial charge in [0, 0.05) is 7.05 Å². The molecule has 1 aromatic rings. The topological polar surface area (TPSA) is 96.2 Å². The van der Waals surface area contributed by atoms with Crippen molar-refractivity contribution in [2.24, 2.45) is 7.05 Å². The lowest BCUT2D eigenvalue weighted by atomic mass is 10.3. The summed E-state index contributed by atoms with van der Waals surface area (Å²) < 4.78 is 6.09. The van der Waals surface area contributed by atoms with Crippen LogP contribution in [0.25, 0.3) is 0 Å². The maximum Gasteiger partial charge on any atom is 0.345 e. The molecule has 0 atom stereocenters. The van der Waals surface area contributed by atoms with Crippen molar-refractivity contribution in [2.45, 2.75) is 6.92 Å². The second kappa shape index (κ2) is 3.34. The Morgan fingerprint density at radius 1 is 1.62 bits per heavy atom. The normalized spacial score (nSPS) is 10.0. The van der Waals surface area contributed by atoms with Gasteiger partial charge in [-0.3, -0.25) is 4.68 Å². The van der Waals surface area contributed by atoms with Crippen molar-refractivity contribution in [1.29, 1.82) is 0 Å². The van der Waals surface area contributed by atoms with E-state index in [-0.39, 0.29) is 23.8 Å². The van der Waals surface area contributed by atoms with Crippen LogP contribution < -0.4 is 11.5 Å². The summed E-state index contributed by atoms with van der Waals surface area (Å²) >= 11 is 0. The number of nitrogen functional groups attached to an aromatic ring is 2.